The topological polar surface area (TPSA) is 79.3 Å². The van der Waals surface area contributed by atoms with E-state index in [1.807, 2.05) is 20.1 Å². The second-order valence-electron chi connectivity index (χ2n) is 9.55. The van der Waals surface area contributed by atoms with E-state index in [1.165, 1.54) is 0 Å². The van der Waals surface area contributed by atoms with Crippen molar-refractivity contribution >= 4 is 24.0 Å². The van der Waals surface area contributed by atoms with Gasteiger partial charge in [-0.1, -0.05) is 40.5 Å². The van der Waals surface area contributed by atoms with Crippen molar-refractivity contribution in [2.75, 3.05) is 19.8 Å². The van der Waals surface area contributed by atoms with Crippen LogP contribution in [-0.4, -0.2) is 53.7 Å². The first-order chi connectivity index (χ1) is 14.8. The van der Waals surface area contributed by atoms with E-state index in [1.54, 1.807) is 0 Å². The van der Waals surface area contributed by atoms with Crippen molar-refractivity contribution in [3.05, 3.63) is 11.1 Å². The average Bonchev–Trinajstić information content (AvgIpc) is 3.23. The van der Waals surface area contributed by atoms with Crippen LogP contribution in [0.3, 0.4) is 0 Å². The van der Waals surface area contributed by atoms with Gasteiger partial charge in [0.25, 0.3) is 11.8 Å². The zero-order valence-electron chi connectivity index (χ0n) is 19.5. The van der Waals surface area contributed by atoms with Gasteiger partial charge in [-0.3, -0.25) is 19.4 Å². The van der Waals surface area contributed by atoms with Crippen LogP contribution in [0.2, 0.25) is 0 Å². The maximum absolute atomic E-state index is 12.7. The molecule has 0 aromatic carbocycles. The molecule has 2 unspecified atom stereocenters. The number of rotatable bonds is 11. The van der Waals surface area contributed by atoms with E-state index in [2.05, 4.69) is 24.0 Å². The number of carbonyl (C=O) groups excluding carboxylic acids is 3. The maximum atomic E-state index is 12.7. The van der Waals surface area contributed by atoms with E-state index in [4.69, 9.17) is 4.74 Å². The molecule has 0 aromatic heterocycles. The van der Waals surface area contributed by atoms with E-state index >= 15 is 0 Å². The summed E-state index contributed by atoms with van der Waals surface area (Å²) in [5.41, 5.74) is 0.991. The van der Waals surface area contributed by atoms with Crippen molar-refractivity contribution in [1.82, 2.24) is 9.91 Å². The molecule has 1 heterocycles. The Bertz CT molecular complexity index is 735. The molecular formula is C24H37N3O4. The minimum atomic E-state index is -0.361. The molecule has 0 radical (unpaired) electrons. The molecule has 1 fully saturated rings. The SMILES string of the molecule is CCCCN(CCCC)/N=C/C1C(C(=O)OCN2C(=O)C3=C(CCCC3)C2=O)C1(C)C. The number of hydrogen-bond acceptors (Lipinski definition) is 6. The molecule has 0 N–H and O–H groups in total. The van der Waals surface area contributed by atoms with Gasteiger partial charge in [-0.15, -0.1) is 0 Å². The van der Waals surface area contributed by atoms with Crippen molar-refractivity contribution in [2.24, 2.45) is 22.4 Å². The van der Waals surface area contributed by atoms with E-state index in [0.29, 0.717) is 24.0 Å². The van der Waals surface area contributed by atoms with Gasteiger partial charge < -0.3 is 4.74 Å². The van der Waals surface area contributed by atoms with Gasteiger partial charge in [0.1, 0.15) is 0 Å². The lowest BCUT2D eigenvalue weighted by atomic mass is 9.93. The molecule has 3 aliphatic rings. The summed E-state index contributed by atoms with van der Waals surface area (Å²) in [5, 5.41) is 6.77. The second-order valence-corrected chi connectivity index (χ2v) is 9.55. The van der Waals surface area contributed by atoms with Gasteiger partial charge in [0.05, 0.1) is 5.92 Å². The highest BCUT2D eigenvalue weighted by Crippen LogP contribution is 2.57. The number of unbranched alkanes of at least 4 members (excludes halogenated alkanes) is 2. The predicted octanol–water partition coefficient (Wildman–Crippen LogP) is 3.89. The number of imide groups is 1. The highest BCUT2D eigenvalue weighted by atomic mass is 16.5. The zero-order valence-corrected chi connectivity index (χ0v) is 19.5. The second kappa shape index (κ2) is 9.96. The van der Waals surface area contributed by atoms with Gasteiger partial charge in [0.15, 0.2) is 6.73 Å². The van der Waals surface area contributed by atoms with Gasteiger partial charge in [-0.25, -0.2) is 4.90 Å². The predicted molar refractivity (Wildman–Crippen MR) is 119 cm³/mol. The van der Waals surface area contributed by atoms with Gasteiger partial charge in [0, 0.05) is 36.4 Å². The number of amides is 2. The quantitative estimate of drug-likeness (QED) is 0.215. The van der Waals surface area contributed by atoms with Crippen LogP contribution in [0.5, 0.6) is 0 Å². The summed E-state index contributed by atoms with van der Waals surface area (Å²) in [5.74, 6) is -1.24. The molecular weight excluding hydrogens is 394 g/mol. The zero-order chi connectivity index (χ0) is 22.6. The van der Waals surface area contributed by atoms with E-state index in [9.17, 15) is 14.4 Å². The lowest BCUT2D eigenvalue weighted by Gasteiger charge is -2.18. The largest absolute Gasteiger partial charge is 0.443 e. The monoisotopic (exact) mass is 431 g/mol. The fraction of sp³-hybridized carbons (Fsp3) is 0.750. The fourth-order valence-electron chi connectivity index (χ4n) is 4.61. The van der Waals surface area contributed by atoms with Crippen LogP contribution >= 0.6 is 0 Å². The van der Waals surface area contributed by atoms with E-state index < -0.39 is 0 Å². The van der Waals surface area contributed by atoms with Gasteiger partial charge in [0.2, 0.25) is 0 Å². The van der Waals surface area contributed by atoms with E-state index in [0.717, 1.165) is 56.5 Å². The smallest absolute Gasteiger partial charge is 0.311 e. The lowest BCUT2D eigenvalue weighted by molar-refractivity contribution is -0.156. The Kier molecular flexibility index (Phi) is 7.55. The first-order valence-corrected chi connectivity index (χ1v) is 11.9. The van der Waals surface area contributed by atoms with Crippen LogP contribution in [-0.2, 0) is 19.1 Å². The third kappa shape index (κ3) is 5.01. The molecule has 1 saturated carbocycles. The summed E-state index contributed by atoms with van der Waals surface area (Å²) < 4.78 is 5.44. The van der Waals surface area contributed by atoms with Crippen molar-refractivity contribution < 1.29 is 19.1 Å². The fourth-order valence-corrected chi connectivity index (χ4v) is 4.61. The summed E-state index contributed by atoms with van der Waals surface area (Å²) >= 11 is 0. The summed E-state index contributed by atoms with van der Waals surface area (Å²) in [6.45, 7) is 9.95. The summed E-state index contributed by atoms with van der Waals surface area (Å²) in [7, 11) is 0. The van der Waals surface area contributed by atoms with Crippen LogP contribution in [0.25, 0.3) is 0 Å². The van der Waals surface area contributed by atoms with Gasteiger partial charge in [-0.05, 0) is 43.9 Å². The molecule has 2 atom stereocenters. The number of esters is 1. The Morgan fingerprint density at radius 2 is 1.65 bits per heavy atom. The highest BCUT2D eigenvalue weighted by Gasteiger charge is 2.62. The summed E-state index contributed by atoms with van der Waals surface area (Å²) in [4.78, 5) is 38.9. The third-order valence-corrected chi connectivity index (χ3v) is 6.91. The van der Waals surface area contributed by atoms with Crippen LogP contribution < -0.4 is 0 Å². The molecule has 2 aliphatic carbocycles. The number of carbonyl (C=O) groups is 3. The Labute approximate surface area is 185 Å². The Morgan fingerprint density at radius 1 is 1.10 bits per heavy atom. The van der Waals surface area contributed by atoms with Crippen LogP contribution in [0.4, 0.5) is 0 Å². The molecule has 7 heteroatoms. The molecule has 0 aromatic rings. The molecule has 0 bridgehead atoms. The minimum absolute atomic E-state index is 0.00191. The molecule has 3 rings (SSSR count). The minimum Gasteiger partial charge on any atom is -0.443 e. The van der Waals surface area contributed by atoms with Crippen LogP contribution in [0.15, 0.2) is 16.2 Å². The average molecular weight is 432 g/mol. The lowest BCUT2D eigenvalue weighted by Crippen LogP contribution is -2.35. The van der Waals surface area contributed by atoms with Crippen molar-refractivity contribution in [3.63, 3.8) is 0 Å². The normalized spacial score (nSPS) is 24.7. The third-order valence-electron chi connectivity index (χ3n) is 6.91. The van der Waals surface area contributed by atoms with Gasteiger partial charge in [-0.2, -0.15) is 5.10 Å². The number of hydrazone groups is 1. The summed E-state index contributed by atoms with van der Waals surface area (Å²) in [6, 6.07) is 0. The van der Waals surface area contributed by atoms with Crippen molar-refractivity contribution in [2.45, 2.75) is 79.1 Å². The molecule has 172 valence electrons. The van der Waals surface area contributed by atoms with Crippen molar-refractivity contribution in [3.8, 4) is 0 Å². The molecule has 0 saturated heterocycles. The number of hydrogen-bond donors (Lipinski definition) is 0. The first-order valence-electron chi connectivity index (χ1n) is 11.9. The number of nitrogens with zero attached hydrogens (tertiary/aromatic N) is 3. The molecule has 1 aliphatic heterocycles. The van der Waals surface area contributed by atoms with Crippen LogP contribution in [0, 0.1) is 17.3 Å². The van der Waals surface area contributed by atoms with Gasteiger partial charge >= 0.3 is 5.97 Å². The standard InChI is InChI=1S/C24H37N3O4/c1-5-7-13-26(14-8-6-2)25-15-19-20(24(19,3)4)23(30)31-16-27-21(28)17-11-9-10-12-18(17)22(27)29/h15,19-20H,5-14,16H2,1-4H3/b25-15+. The first kappa shape index (κ1) is 23.5. The Balaban J connectivity index is 1.54. The van der Waals surface area contributed by atoms with Crippen molar-refractivity contribution in [1.29, 1.82) is 0 Å². The Hall–Kier alpha value is -2.18. The molecule has 7 nitrogen and oxygen atoms in total. The summed E-state index contributed by atoms with van der Waals surface area (Å²) in [6.07, 6.45) is 9.46. The number of ether oxygens (including phenoxy) is 1. The maximum Gasteiger partial charge on any atom is 0.311 e. The molecule has 2 amide bonds. The van der Waals surface area contributed by atoms with Crippen LogP contribution in [0.1, 0.15) is 79.1 Å². The Morgan fingerprint density at radius 3 is 2.16 bits per heavy atom. The van der Waals surface area contributed by atoms with E-state index in [-0.39, 0.29) is 41.8 Å². The molecule has 31 heavy (non-hydrogen) atoms. The highest BCUT2D eigenvalue weighted by molar-refractivity contribution is 6.19. The molecule has 0 spiro atoms.